The van der Waals surface area contributed by atoms with Gasteiger partial charge in [-0.3, -0.25) is 9.59 Å². The molecule has 2 aromatic carbocycles. The number of thiazole rings is 1. The molecule has 136 valence electrons. The van der Waals surface area contributed by atoms with Gasteiger partial charge in [-0.15, -0.1) is 11.3 Å². The Bertz CT molecular complexity index is 1130. The molecule has 0 radical (unpaired) electrons. The molecule has 2 aromatic heterocycles. The molecule has 0 saturated heterocycles. The van der Waals surface area contributed by atoms with Crippen LogP contribution in [0.3, 0.4) is 0 Å². The molecule has 1 amide bonds. The summed E-state index contributed by atoms with van der Waals surface area (Å²) in [6, 6.07) is 15.4. The number of aryl methyl sites for hydroxylation is 1. The van der Waals surface area contributed by atoms with Crippen LogP contribution in [0.5, 0.6) is 0 Å². The van der Waals surface area contributed by atoms with E-state index in [0.717, 1.165) is 20.7 Å². The van der Waals surface area contributed by atoms with Gasteiger partial charge in [-0.2, -0.15) is 0 Å². The summed E-state index contributed by atoms with van der Waals surface area (Å²) in [5, 5.41) is 3.89. The third kappa shape index (κ3) is 4.03. The molecule has 0 aliphatic rings. The summed E-state index contributed by atoms with van der Waals surface area (Å²) >= 11 is 1.64. The molecule has 6 nitrogen and oxygen atoms in total. The van der Waals surface area contributed by atoms with Crippen LogP contribution in [0.15, 0.2) is 53.3 Å². The van der Waals surface area contributed by atoms with Crippen LogP contribution in [0.4, 0.5) is 0 Å². The molecule has 0 unspecified atom stereocenters. The van der Waals surface area contributed by atoms with E-state index in [1.54, 1.807) is 11.3 Å². The topological polar surface area (TPSA) is 87.7 Å². The minimum absolute atomic E-state index is 0.0922. The van der Waals surface area contributed by atoms with Crippen LogP contribution in [-0.4, -0.2) is 27.4 Å². The molecule has 4 rings (SSSR count). The molecule has 0 spiro atoms. The second-order valence-electron chi connectivity index (χ2n) is 6.21. The van der Waals surface area contributed by atoms with Crippen LogP contribution in [0.2, 0.25) is 0 Å². The molecule has 4 aromatic rings. The number of aromatic amines is 1. The molecular weight excluding hydrogens is 360 g/mol. The second-order valence-corrected chi connectivity index (χ2v) is 7.32. The number of nitrogens with zero attached hydrogens (tertiary/aromatic N) is 2. The van der Waals surface area contributed by atoms with Crippen LogP contribution >= 0.6 is 11.3 Å². The maximum atomic E-state index is 12.1. The van der Waals surface area contributed by atoms with Gasteiger partial charge in [0.1, 0.15) is 5.69 Å². The lowest BCUT2D eigenvalue weighted by Gasteiger charge is -2.04. The SMILES string of the molecule is O=C(CCc1nc2ccccc2[nH]c1=O)NCCc1nc2ccccc2s1. The molecule has 0 saturated carbocycles. The Morgan fingerprint density at radius 1 is 1.00 bits per heavy atom. The largest absolute Gasteiger partial charge is 0.356 e. The summed E-state index contributed by atoms with van der Waals surface area (Å²) in [4.78, 5) is 35.9. The summed E-state index contributed by atoms with van der Waals surface area (Å²) in [5.74, 6) is -0.0922. The van der Waals surface area contributed by atoms with E-state index in [1.165, 1.54) is 0 Å². The lowest BCUT2D eigenvalue weighted by molar-refractivity contribution is -0.121. The maximum Gasteiger partial charge on any atom is 0.270 e. The van der Waals surface area contributed by atoms with Crippen LogP contribution in [0.1, 0.15) is 17.1 Å². The summed E-state index contributed by atoms with van der Waals surface area (Å²) < 4.78 is 1.15. The van der Waals surface area contributed by atoms with Gasteiger partial charge in [-0.25, -0.2) is 9.97 Å². The van der Waals surface area contributed by atoms with Crippen LogP contribution < -0.4 is 10.9 Å². The van der Waals surface area contributed by atoms with Gasteiger partial charge >= 0.3 is 0 Å². The number of H-pyrrole nitrogens is 1. The van der Waals surface area contributed by atoms with Crippen molar-refractivity contribution in [2.75, 3.05) is 6.54 Å². The van der Waals surface area contributed by atoms with Crippen molar-refractivity contribution in [3.05, 3.63) is 69.6 Å². The van der Waals surface area contributed by atoms with Crippen molar-refractivity contribution >= 4 is 38.5 Å². The molecule has 27 heavy (non-hydrogen) atoms. The van der Waals surface area contributed by atoms with Crippen LogP contribution in [-0.2, 0) is 17.6 Å². The molecule has 0 fully saturated rings. The van der Waals surface area contributed by atoms with E-state index in [4.69, 9.17) is 0 Å². The van der Waals surface area contributed by atoms with Crippen molar-refractivity contribution in [1.29, 1.82) is 0 Å². The van der Waals surface area contributed by atoms with Gasteiger partial charge in [0.15, 0.2) is 0 Å². The molecule has 7 heteroatoms. The molecule has 0 atom stereocenters. The van der Waals surface area contributed by atoms with E-state index in [0.29, 0.717) is 30.6 Å². The highest BCUT2D eigenvalue weighted by Gasteiger charge is 2.09. The van der Waals surface area contributed by atoms with Gasteiger partial charge in [-0.1, -0.05) is 24.3 Å². The van der Waals surface area contributed by atoms with E-state index in [1.807, 2.05) is 48.5 Å². The Morgan fingerprint density at radius 3 is 2.63 bits per heavy atom. The lowest BCUT2D eigenvalue weighted by atomic mass is 10.2. The van der Waals surface area contributed by atoms with Crippen molar-refractivity contribution in [3.8, 4) is 0 Å². The lowest BCUT2D eigenvalue weighted by Crippen LogP contribution is -2.27. The summed E-state index contributed by atoms with van der Waals surface area (Å²) in [6.45, 7) is 0.528. The number of para-hydroxylation sites is 3. The first kappa shape index (κ1) is 17.4. The first-order chi connectivity index (χ1) is 13.2. The number of aromatic nitrogens is 3. The van der Waals surface area contributed by atoms with E-state index < -0.39 is 0 Å². The summed E-state index contributed by atoms with van der Waals surface area (Å²) in [5.41, 5.74) is 2.56. The Labute approximate surface area is 159 Å². The molecule has 0 bridgehead atoms. The number of benzene rings is 2. The van der Waals surface area contributed by atoms with Crippen molar-refractivity contribution in [2.24, 2.45) is 0 Å². The van der Waals surface area contributed by atoms with E-state index in [-0.39, 0.29) is 17.9 Å². The number of fused-ring (bicyclic) bond motifs is 2. The van der Waals surface area contributed by atoms with Crippen LogP contribution in [0.25, 0.3) is 21.3 Å². The number of carbonyl (C=O) groups is 1. The van der Waals surface area contributed by atoms with Gasteiger partial charge in [0.2, 0.25) is 5.91 Å². The zero-order valence-electron chi connectivity index (χ0n) is 14.6. The molecule has 2 N–H and O–H groups in total. The fourth-order valence-electron chi connectivity index (χ4n) is 2.89. The van der Waals surface area contributed by atoms with Crippen molar-refractivity contribution in [1.82, 2.24) is 20.3 Å². The maximum absolute atomic E-state index is 12.1. The van der Waals surface area contributed by atoms with E-state index in [2.05, 4.69) is 20.3 Å². The highest BCUT2D eigenvalue weighted by molar-refractivity contribution is 7.18. The molecule has 0 aliphatic heterocycles. The molecular formula is C20H18N4O2S. The van der Waals surface area contributed by atoms with Gasteiger partial charge in [0.05, 0.1) is 26.3 Å². The standard InChI is InChI=1S/C20H18N4O2S/c25-18(21-12-11-19-23-15-7-3-4-8-17(15)27-19)10-9-16-20(26)24-14-6-2-1-5-13(14)22-16/h1-8H,9-12H2,(H,21,25)(H,24,26). The first-order valence-corrected chi connectivity index (χ1v) is 9.60. The second kappa shape index (κ2) is 7.67. The zero-order chi connectivity index (χ0) is 18.6. The third-order valence-electron chi connectivity index (χ3n) is 4.26. The molecule has 2 heterocycles. The zero-order valence-corrected chi connectivity index (χ0v) is 15.4. The van der Waals surface area contributed by atoms with Crippen LogP contribution in [0, 0.1) is 0 Å². The Kier molecular flexibility index (Phi) is 4.93. The highest BCUT2D eigenvalue weighted by Crippen LogP contribution is 2.21. The fourth-order valence-corrected chi connectivity index (χ4v) is 3.86. The van der Waals surface area contributed by atoms with Gasteiger partial charge in [0, 0.05) is 25.8 Å². The van der Waals surface area contributed by atoms with Crippen molar-refractivity contribution in [3.63, 3.8) is 0 Å². The summed E-state index contributed by atoms with van der Waals surface area (Å²) in [7, 11) is 0. The minimum Gasteiger partial charge on any atom is -0.356 e. The monoisotopic (exact) mass is 378 g/mol. The van der Waals surface area contributed by atoms with Gasteiger partial charge in [0.25, 0.3) is 5.56 Å². The Morgan fingerprint density at radius 2 is 1.78 bits per heavy atom. The molecule has 0 aliphatic carbocycles. The van der Waals surface area contributed by atoms with Gasteiger partial charge < -0.3 is 10.3 Å². The normalized spacial score (nSPS) is 11.1. The van der Waals surface area contributed by atoms with Crippen molar-refractivity contribution < 1.29 is 4.79 Å². The number of hydrogen-bond acceptors (Lipinski definition) is 5. The summed E-state index contributed by atoms with van der Waals surface area (Å²) in [6.07, 6.45) is 1.24. The van der Waals surface area contributed by atoms with Crippen molar-refractivity contribution in [2.45, 2.75) is 19.3 Å². The number of rotatable bonds is 6. The Balaban J connectivity index is 1.30. The number of carbonyl (C=O) groups excluding carboxylic acids is 1. The smallest absolute Gasteiger partial charge is 0.270 e. The predicted octanol–water partition coefficient (Wildman–Crippen LogP) is 2.82. The average molecular weight is 378 g/mol. The first-order valence-electron chi connectivity index (χ1n) is 8.78. The predicted molar refractivity (Wildman–Crippen MR) is 107 cm³/mol. The Hall–Kier alpha value is -3.06. The third-order valence-corrected chi connectivity index (χ3v) is 5.35. The number of amides is 1. The number of hydrogen-bond donors (Lipinski definition) is 2. The highest BCUT2D eigenvalue weighted by atomic mass is 32.1. The van der Waals surface area contributed by atoms with E-state index in [9.17, 15) is 9.59 Å². The minimum atomic E-state index is -0.240. The van der Waals surface area contributed by atoms with E-state index >= 15 is 0 Å². The quantitative estimate of drug-likeness (QED) is 0.540. The average Bonchev–Trinajstić information content (AvgIpc) is 3.09. The number of nitrogens with one attached hydrogen (secondary N) is 2. The fraction of sp³-hybridized carbons (Fsp3) is 0.200. The van der Waals surface area contributed by atoms with Gasteiger partial charge in [-0.05, 0) is 24.3 Å².